The van der Waals surface area contributed by atoms with Gasteiger partial charge >= 0.3 is 5.97 Å². The van der Waals surface area contributed by atoms with E-state index in [-0.39, 0.29) is 12.5 Å². The van der Waals surface area contributed by atoms with Crippen molar-refractivity contribution in [2.75, 3.05) is 6.61 Å². The van der Waals surface area contributed by atoms with E-state index >= 15 is 0 Å². The van der Waals surface area contributed by atoms with Gasteiger partial charge < -0.3 is 14.9 Å². The molecular formula is C12H24O4. The quantitative estimate of drug-likeness (QED) is 0.653. The first kappa shape index (κ1) is 15.4. The van der Waals surface area contributed by atoms with Crippen LogP contribution >= 0.6 is 0 Å². The van der Waals surface area contributed by atoms with Crippen molar-refractivity contribution in [3.8, 4) is 0 Å². The zero-order chi connectivity index (χ0) is 12.8. The van der Waals surface area contributed by atoms with Crippen molar-refractivity contribution in [2.45, 2.75) is 58.7 Å². The van der Waals surface area contributed by atoms with Gasteiger partial charge in [0.25, 0.3) is 0 Å². The fourth-order valence-corrected chi connectivity index (χ4v) is 1.39. The number of aliphatic hydroxyl groups is 2. The lowest BCUT2D eigenvalue weighted by Crippen LogP contribution is -2.35. The van der Waals surface area contributed by atoms with Gasteiger partial charge in [0.15, 0.2) is 5.60 Å². The summed E-state index contributed by atoms with van der Waals surface area (Å²) in [6.45, 7) is 6.89. The zero-order valence-corrected chi connectivity index (χ0v) is 10.7. The lowest BCUT2D eigenvalue weighted by Gasteiger charge is -2.23. The van der Waals surface area contributed by atoms with E-state index in [1.807, 2.05) is 13.8 Å². The van der Waals surface area contributed by atoms with E-state index in [9.17, 15) is 15.0 Å². The molecule has 0 spiro atoms. The normalized spacial score (nSPS) is 15.6. The van der Waals surface area contributed by atoms with E-state index in [0.29, 0.717) is 6.42 Å². The van der Waals surface area contributed by atoms with Crippen molar-refractivity contribution in [1.29, 1.82) is 0 Å². The van der Waals surface area contributed by atoms with E-state index in [1.54, 1.807) is 0 Å². The molecule has 0 saturated heterocycles. The summed E-state index contributed by atoms with van der Waals surface area (Å²) >= 11 is 0. The fourth-order valence-electron chi connectivity index (χ4n) is 1.39. The van der Waals surface area contributed by atoms with Gasteiger partial charge in [0.2, 0.25) is 0 Å². The molecule has 16 heavy (non-hydrogen) atoms. The monoisotopic (exact) mass is 232 g/mol. The van der Waals surface area contributed by atoms with Crippen molar-refractivity contribution in [1.82, 2.24) is 0 Å². The Bertz CT molecular complexity index is 208. The van der Waals surface area contributed by atoms with Crippen molar-refractivity contribution in [3.05, 3.63) is 0 Å². The Hall–Kier alpha value is -0.610. The highest BCUT2D eigenvalue weighted by Crippen LogP contribution is 2.15. The average molecular weight is 232 g/mol. The smallest absolute Gasteiger partial charge is 0.337 e. The first-order valence-electron chi connectivity index (χ1n) is 5.90. The number of esters is 1. The molecule has 4 nitrogen and oxygen atoms in total. The van der Waals surface area contributed by atoms with Crippen molar-refractivity contribution in [2.24, 2.45) is 5.92 Å². The van der Waals surface area contributed by atoms with Crippen LogP contribution in [-0.4, -0.2) is 34.5 Å². The van der Waals surface area contributed by atoms with Crippen LogP contribution in [0.5, 0.6) is 0 Å². The molecule has 0 aliphatic carbocycles. The summed E-state index contributed by atoms with van der Waals surface area (Å²) in [7, 11) is 0. The Balaban J connectivity index is 4.10. The maximum absolute atomic E-state index is 11.3. The summed E-state index contributed by atoms with van der Waals surface area (Å²) in [5.74, 6) is -0.694. The van der Waals surface area contributed by atoms with Crippen molar-refractivity contribution >= 4 is 5.97 Å². The van der Waals surface area contributed by atoms with Gasteiger partial charge in [-0.25, -0.2) is 4.79 Å². The van der Waals surface area contributed by atoms with Crippen LogP contribution in [0.4, 0.5) is 0 Å². The van der Waals surface area contributed by atoms with Crippen molar-refractivity contribution in [3.63, 3.8) is 0 Å². The maximum Gasteiger partial charge on any atom is 0.337 e. The summed E-state index contributed by atoms with van der Waals surface area (Å²) in [5.41, 5.74) is -1.46. The molecule has 0 fully saturated rings. The zero-order valence-electron chi connectivity index (χ0n) is 10.7. The van der Waals surface area contributed by atoms with E-state index < -0.39 is 17.7 Å². The third-order valence-corrected chi connectivity index (χ3v) is 2.58. The Kier molecular flexibility index (Phi) is 6.60. The molecule has 96 valence electrons. The molecule has 0 radical (unpaired) electrons. The van der Waals surface area contributed by atoms with Crippen LogP contribution in [0.1, 0.15) is 47.0 Å². The Morgan fingerprint density at radius 3 is 2.31 bits per heavy atom. The molecule has 0 amide bonds. The van der Waals surface area contributed by atoms with Crippen molar-refractivity contribution < 1.29 is 19.7 Å². The largest absolute Gasteiger partial charge is 0.463 e. The summed E-state index contributed by atoms with van der Waals surface area (Å²) < 4.78 is 4.98. The number of hydrogen-bond donors (Lipinski definition) is 2. The van der Waals surface area contributed by atoms with Gasteiger partial charge in [-0.05, 0) is 26.7 Å². The molecule has 2 N–H and O–H groups in total. The number of hydrogen-bond acceptors (Lipinski definition) is 4. The van der Waals surface area contributed by atoms with Crippen LogP contribution in [0.25, 0.3) is 0 Å². The highest BCUT2D eigenvalue weighted by atomic mass is 16.5. The minimum atomic E-state index is -1.46. The minimum Gasteiger partial charge on any atom is -0.463 e. The van der Waals surface area contributed by atoms with Gasteiger partial charge in [0, 0.05) is 5.92 Å². The van der Waals surface area contributed by atoms with E-state index in [0.717, 1.165) is 12.8 Å². The molecule has 0 aliphatic heterocycles. The molecule has 0 heterocycles. The molecule has 2 unspecified atom stereocenters. The van der Waals surface area contributed by atoms with Crippen LogP contribution in [0.15, 0.2) is 0 Å². The summed E-state index contributed by atoms with van der Waals surface area (Å²) in [5, 5.41) is 19.1. The first-order valence-corrected chi connectivity index (χ1v) is 5.90. The summed E-state index contributed by atoms with van der Waals surface area (Å²) in [6, 6.07) is 0. The molecule has 4 heteroatoms. The van der Waals surface area contributed by atoms with Gasteiger partial charge in [0.05, 0.1) is 12.7 Å². The Morgan fingerprint density at radius 1 is 1.38 bits per heavy atom. The van der Waals surface area contributed by atoms with Crippen LogP contribution in [0, 0.1) is 5.92 Å². The van der Waals surface area contributed by atoms with Crippen LogP contribution < -0.4 is 0 Å². The number of ether oxygens (including phenoxy) is 1. The van der Waals surface area contributed by atoms with E-state index in [1.165, 1.54) is 13.8 Å². The maximum atomic E-state index is 11.3. The SMILES string of the molecule is CCCC(O)C(CC)COC(=O)C(C)(C)O. The van der Waals surface area contributed by atoms with Crippen LogP contribution in [0.3, 0.4) is 0 Å². The van der Waals surface area contributed by atoms with Gasteiger partial charge in [0.1, 0.15) is 0 Å². The first-order chi connectivity index (χ1) is 7.32. The molecular weight excluding hydrogens is 208 g/mol. The highest BCUT2D eigenvalue weighted by Gasteiger charge is 2.27. The minimum absolute atomic E-state index is 0.0498. The summed E-state index contributed by atoms with van der Waals surface area (Å²) in [6.07, 6.45) is 1.92. The lowest BCUT2D eigenvalue weighted by atomic mass is 9.97. The molecule has 2 atom stereocenters. The van der Waals surface area contributed by atoms with Gasteiger partial charge in [-0.3, -0.25) is 0 Å². The van der Waals surface area contributed by atoms with E-state index in [2.05, 4.69) is 0 Å². The molecule has 0 aromatic carbocycles. The molecule has 0 aromatic heterocycles. The highest BCUT2D eigenvalue weighted by molar-refractivity contribution is 5.78. The number of carbonyl (C=O) groups excluding carboxylic acids is 1. The predicted octanol–water partition coefficient (Wildman–Crippen LogP) is 1.49. The second kappa shape index (κ2) is 6.86. The standard InChI is InChI=1S/C12H24O4/c1-5-7-10(13)9(6-2)8-16-11(14)12(3,4)15/h9-10,13,15H,5-8H2,1-4H3. The predicted molar refractivity (Wildman–Crippen MR) is 62.0 cm³/mol. The van der Waals surface area contributed by atoms with Crippen LogP contribution in [-0.2, 0) is 9.53 Å². The number of aliphatic hydroxyl groups excluding tert-OH is 1. The molecule has 0 rings (SSSR count). The third kappa shape index (κ3) is 5.47. The Morgan fingerprint density at radius 2 is 1.94 bits per heavy atom. The average Bonchev–Trinajstić information content (AvgIpc) is 2.17. The van der Waals surface area contributed by atoms with E-state index in [4.69, 9.17) is 4.74 Å². The second-order valence-electron chi connectivity index (χ2n) is 4.68. The third-order valence-electron chi connectivity index (χ3n) is 2.58. The summed E-state index contributed by atoms with van der Waals surface area (Å²) in [4.78, 5) is 11.3. The van der Waals surface area contributed by atoms with Gasteiger partial charge in [-0.1, -0.05) is 20.3 Å². The molecule has 0 saturated carbocycles. The fraction of sp³-hybridized carbons (Fsp3) is 0.917. The molecule has 0 aromatic rings. The molecule has 0 aliphatic rings. The van der Waals surface area contributed by atoms with Gasteiger partial charge in [-0.2, -0.15) is 0 Å². The van der Waals surface area contributed by atoms with Gasteiger partial charge in [-0.15, -0.1) is 0 Å². The van der Waals surface area contributed by atoms with Crippen LogP contribution in [0.2, 0.25) is 0 Å². The molecule has 0 bridgehead atoms. The number of rotatable bonds is 7. The topological polar surface area (TPSA) is 66.8 Å². The second-order valence-corrected chi connectivity index (χ2v) is 4.68. The lowest BCUT2D eigenvalue weighted by molar-refractivity contribution is -0.164. The number of carbonyl (C=O) groups is 1. The Labute approximate surface area is 97.6 Å².